The number of benzene rings is 2. The van der Waals surface area contributed by atoms with Gasteiger partial charge in [0.25, 0.3) is 0 Å². The highest BCUT2D eigenvalue weighted by atomic mass is 19.1. The zero-order valence-electron chi connectivity index (χ0n) is 15.5. The molecule has 2 aromatic rings. The fraction of sp³-hybridized carbons (Fsp3) is 0.435. The maximum Gasteiger partial charge on any atom is 0.194 e. The molecule has 2 fully saturated rings. The van der Waals surface area contributed by atoms with Crippen LogP contribution >= 0.6 is 0 Å². The first-order valence-electron chi connectivity index (χ1n) is 9.98. The zero-order valence-corrected chi connectivity index (χ0v) is 15.5. The number of rotatable bonds is 4. The summed E-state index contributed by atoms with van der Waals surface area (Å²) in [5.74, 6) is -4.27. The first kappa shape index (κ1) is 19.2. The highest BCUT2D eigenvalue weighted by Gasteiger charge is 2.31. The molecular formula is C23H22F4O. The minimum atomic E-state index is -0.859. The van der Waals surface area contributed by atoms with Crippen molar-refractivity contribution in [2.75, 3.05) is 0 Å². The normalized spacial score (nSPS) is 18.1. The van der Waals surface area contributed by atoms with Crippen molar-refractivity contribution in [1.82, 2.24) is 0 Å². The molecule has 0 bridgehead atoms. The van der Waals surface area contributed by atoms with Crippen LogP contribution in [-0.2, 0) is 0 Å². The summed E-state index contributed by atoms with van der Waals surface area (Å²) in [5, 5.41) is 0. The van der Waals surface area contributed by atoms with Crippen LogP contribution in [0, 0.1) is 23.3 Å². The predicted molar refractivity (Wildman–Crippen MR) is 98.6 cm³/mol. The van der Waals surface area contributed by atoms with Crippen LogP contribution < -0.4 is 0 Å². The van der Waals surface area contributed by atoms with Gasteiger partial charge in [-0.25, -0.2) is 17.6 Å². The molecule has 148 valence electrons. The molecule has 0 amide bonds. The highest BCUT2D eigenvalue weighted by Crippen LogP contribution is 2.41. The van der Waals surface area contributed by atoms with Gasteiger partial charge in [0.2, 0.25) is 0 Å². The van der Waals surface area contributed by atoms with E-state index in [0.29, 0.717) is 0 Å². The Kier molecular flexibility index (Phi) is 5.26. The van der Waals surface area contributed by atoms with Crippen LogP contribution in [0.2, 0.25) is 0 Å². The third-order valence-electron chi connectivity index (χ3n) is 6.20. The highest BCUT2D eigenvalue weighted by molar-refractivity contribution is 6.11. The summed E-state index contributed by atoms with van der Waals surface area (Å²) in [6.07, 6.45) is 6.53. The van der Waals surface area contributed by atoms with Gasteiger partial charge in [-0.3, -0.25) is 4.79 Å². The molecule has 0 N–H and O–H groups in total. The third-order valence-corrected chi connectivity index (χ3v) is 6.20. The minimum Gasteiger partial charge on any atom is -0.289 e. The van der Waals surface area contributed by atoms with Gasteiger partial charge < -0.3 is 0 Å². The number of hydrogen-bond acceptors (Lipinski definition) is 1. The molecule has 2 aliphatic carbocycles. The van der Waals surface area contributed by atoms with E-state index in [0.717, 1.165) is 75.6 Å². The first-order valence-corrected chi connectivity index (χ1v) is 9.98. The van der Waals surface area contributed by atoms with Gasteiger partial charge in [0.1, 0.15) is 23.3 Å². The van der Waals surface area contributed by atoms with E-state index in [1.807, 2.05) is 0 Å². The van der Waals surface area contributed by atoms with E-state index in [2.05, 4.69) is 0 Å². The van der Waals surface area contributed by atoms with Crippen molar-refractivity contribution in [3.63, 3.8) is 0 Å². The van der Waals surface area contributed by atoms with Gasteiger partial charge in [0.05, 0.1) is 0 Å². The second-order valence-electron chi connectivity index (χ2n) is 7.99. The average Bonchev–Trinajstić information content (AvgIpc) is 3.33. The van der Waals surface area contributed by atoms with Crippen molar-refractivity contribution in [3.05, 3.63) is 69.8 Å². The Hall–Kier alpha value is -2.17. The van der Waals surface area contributed by atoms with Gasteiger partial charge in [-0.05, 0) is 49.7 Å². The molecule has 2 aromatic carbocycles. The lowest BCUT2D eigenvalue weighted by molar-refractivity contribution is 0.103. The predicted octanol–water partition coefficient (Wildman–Crippen LogP) is 6.79. The summed E-state index contributed by atoms with van der Waals surface area (Å²) in [6.45, 7) is 0. The quantitative estimate of drug-likeness (QED) is 0.415. The van der Waals surface area contributed by atoms with Crippen LogP contribution in [0.3, 0.4) is 0 Å². The SMILES string of the molecule is O=C(c1cc(F)cc(F)c1C1CCCC1)c1cc(F)cc(F)c1C1CCCC1. The van der Waals surface area contributed by atoms with Gasteiger partial charge in [-0.2, -0.15) is 0 Å². The lowest BCUT2D eigenvalue weighted by Crippen LogP contribution is -2.15. The first-order chi connectivity index (χ1) is 13.5. The maximum atomic E-state index is 14.7. The number of carbonyl (C=O) groups is 1. The van der Waals surface area contributed by atoms with Crippen molar-refractivity contribution >= 4 is 5.78 Å². The molecule has 2 saturated carbocycles. The van der Waals surface area contributed by atoms with Crippen LogP contribution in [0.15, 0.2) is 24.3 Å². The molecule has 0 spiro atoms. The lowest BCUT2D eigenvalue weighted by Gasteiger charge is -2.19. The largest absolute Gasteiger partial charge is 0.289 e. The van der Waals surface area contributed by atoms with E-state index in [-0.39, 0.29) is 34.1 Å². The van der Waals surface area contributed by atoms with Crippen molar-refractivity contribution < 1.29 is 22.4 Å². The molecule has 0 aliphatic heterocycles. The van der Waals surface area contributed by atoms with Crippen molar-refractivity contribution in [2.24, 2.45) is 0 Å². The Labute approximate surface area is 161 Å². The number of halogens is 4. The molecular weight excluding hydrogens is 368 g/mol. The zero-order chi connectivity index (χ0) is 19.8. The van der Waals surface area contributed by atoms with E-state index >= 15 is 0 Å². The summed E-state index contributed by atoms with van der Waals surface area (Å²) < 4.78 is 57.3. The number of carbonyl (C=O) groups excluding carboxylic acids is 1. The summed E-state index contributed by atoms with van der Waals surface area (Å²) in [5.41, 5.74) is 0.166. The van der Waals surface area contributed by atoms with E-state index in [1.165, 1.54) is 0 Å². The molecule has 0 radical (unpaired) electrons. The van der Waals surface area contributed by atoms with Crippen molar-refractivity contribution in [2.45, 2.75) is 63.2 Å². The topological polar surface area (TPSA) is 17.1 Å². The van der Waals surface area contributed by atoms with E-state index < -0.39 is 29.1 Å². The van der Waals surface area contributed by atoms with Crippen LogP contribution in [0.4, 0.5) is 17.6 Å². The monoisotopic (exact) mass is 390 g/mol. The van der Waals surface area contributed by atoms with Gasteiger partial charge in [0, 0.05) is 34.4 Å². The average molecular weight is 390 g/mol. The Morgan fingerprint density at radius 3 is 1.36 bits per heavy atom. The molecule has 0 saturated heterocycles. The van der Waals surface area contributed by atoms with Crippen molar-refractivity contribution in [3.8, 4) is 0 Å². The molecule has 0 unspecified atom stereocenters. The molecule has 0 atom stereocenters. The van der Waals surface area contributed by atoms with Gasteiger partial charge in [-0.15, -0.1) is 0 Å². The maximum absolute atomic E-state index is 14.7. The molecule has 5 heteroatoms. The molecule has 0 aromatic heterocycles. The standard InChI is InChI=1S/C23H22F4O/c24-15-9-17(21(19(26)11-15)13-5-1-2-6-13)23(28)18-10-16(25)12-20(27)22(18)14-7-3-4-8-14/h9-14H,1-8H2. The smallest absolute Gasteiger partial charge is 0.194 e. The number of hydrogen-bond donors (Lipinski definition) is 0. The Bertz CT molecular complexity index is 836. The molecule has 2 aliphatic rings. The fourth-order valence-corrected chi connectivity index (χ4v) is 4.95. The Morgan fingerprint density at radius 2 is 1.00 bits per heavy atom. The number of ketones is 1. The summed E-state index contributed by atoms with van der Waals surface area (Å²) in [6, 6.07) is 3.60. The van der Waals surface area contributed by atoms with Crippen LogP contribution in [-0.4, -0.2) is 5.78 Å². The second kappa shape index (κ2) is 7.69. The van der Waals surface area contributed by atoms with E-state index in [1.54, 1.807) is 0 Å². The van der Waals surface area contributed by atoms with Crippen LogP contribution in [0.25, 0.3) is 0 Å². The summed E-state index contributed by atoms with van der Waals surface area (Å²) in [4.78, 5) is 13.3. The molecule has 1 nitrogen and oxygen atoms in total. The second-order valence-corrected chi connectivity index (χ2v) is 7.99. The minimum absolute atomic E-state index is 0.103. The Morgan fingerprint density at radius 1 is 0.643 bits per heavy atom. The van der Waals surface area contributed by atoms with E-state index in [4.69, 9.17) is 0 Å². The van der Waals surface area contributed by atoms with Gasteiger partial charge in [0.15, 0.2) is 5.78 Å². The molecule has 4 rings (SSSR count). The fourth-order valence-electron chi connectivity index (χ4n) is 4.95. The van der Waals surface area contributed by atoms with Crippen LogP contribution in [0.1, 0.15) is 90.3 Å². The molecule has 0 heterocycles. The molecule has 28 heavy (non-hydrogen) atoms. The summed E-state index contributed by atoms with van der Waals surface area (Å²) in [7, 11) is 0. The van der Waals surface area contributed by atoms with Crippen molar-refractivity contribution in [1.29, 1.82) is 0 Å². The summed E-state index contributed by atoms with van der Waals surface area (Å²) >= 11 is 0. The van der Waals surface area contributed by atoms with Gasteiger partial charge in [-0.1, -0.05) is 25.7 Å². The lowest BCUT2D eigenvalue weighted by atomic mass is 9.84. The third kappa shape index (κ3) is 3.47. The Balaban J connectivity index is 1.87. The van der Waals surface area contributed by atoms with Gasteiger partial charge >= 0.3 is 0 Å². The van der Waals surface area contributed by atoms with Crippen LogP contribution in [0.5, 0.6) is 0 Å². The van der Waals surface area contributed by atoms with E-state index in [9.17, 15) is 22.4 Å².